The van der Waals surface area contributed by atoms with Crippen molar-refractivity contribution in [2.24, 2.45) is 11.8 Å². The SMILES string of the molecule is COc1cccc(OC)c1-c1cc(C(=O)N[C@@H](CCC2CCCCC2)CC(=O)NC2CCC2)nn1C(C)C(C)C. The Balaban J connectivity index is 1.58. The summed E-state index contributed by atoms with van der Waals surface area (Å²) in [4.78, 5) is 26.6. The molecule has 2 atom stereocenters. The molecule has 1 aromatic carbocycles. The molecule has 2 N–H and O–H groups in total. The summed E-state index contributed by atoms with van der Waals surface area (Å²) in [5.41, 5.74) is 1.86. The van der Waals surface area contributed by atoms with Crippen molar-refractivity contribution in [3.8, 4) is 22.8 Å². The van der Waals surface area contributed by atoms with E-state index in [1.807, 2.05) is 28.9 Å². The monoisotopic (exact) mass is 552 g/mol. The molecule has 40 heavy (non-hydrogen) atoms. The van der Waals surface area contributed by atoms with Gasteiger partial charge in [0.1, 0.15) is 11.5 Å². The average Bonchev–Trinajstić information content (AvgIpc) is 3.38. The van der Waals surface area contributed by atoms with Crippen molar-refractivity contribution in [2.75, 3.05) is 14.2 Å². The molecule has 2 fully saturated rings. The molecule has 1 unspecified atom stereocenters. The molecule has 0 radical (unpaired) electrons. The summed E-state index contributed by atoms with van der Waals surface area (Å²) >= 11 is 0. The Morgan fingerprint density at radius 1 is 1.00 bits per heavy atom. The Kier molecular flexibility index (Phi) is 10.5. The third-order valence-electron chi connectivity index (χ3n) is 8.89. The molecule has 1 heterocycles. The Morgan fingerprint density at radius 3 is 2.25 bits per heavy atom. The maximum atomic E-state index is 13.7. The van der Waals surface area contributed by atoms with Gasteiger partial charge in [-0.1, -0.05) is 52.0 Å². The van der Waals surface area contributed by atoms with Gasteiger partial charge < -0.3 is 20.1 Å². The van der Waals surface area contributed by atoms with Gasteiger partial charge in [0.2, 0.25) is 5.91 Å². The molecule has 0 saturated heterocycles. The Morgan fingerprint density at radius 2 is 1.68 bits per heavy atom. The predicted molar refractivity (Wildman–Crippen MR) is 158 cm³/mol. The molecule has 2 amide bonds. The number of amides is 2. The fourth-order valence-electron chi connectivity index (χ4n) is 5.85. The summed E-state index contributed by atoms with van der Waals surface area (Å²) in [5, 5.41) is 11.1. The first kappa shape index (κ1) is 29.9. The van der Waals surface area contributed by atoms with Crippen LogP contribution in [0.2, 0.25) is 0 Å². The Labute approximate surface area is 239 Å². The van der Waals surface area contributed by atoms with Crippen molar-refractivity contribution in [2.45, 2.75) is 110 Å². The van der Waals surface area contributed by atoms with Crippen LogP contribution in [0.3, 0.4) is 0 Å². The van der Waals surface area contributed by atoms with Crippen molar-refractivity contribution in [3.05, 3.63) is 30.0 Å². The number of methoxy groups -OCH3 is 2. The van der Waals surface area contributed by atoms with Gasteiger partial charge in [-0.05, 0) is 69.1 Å². The van der Waals surface area contributed by atoms with Crippen LogP contribution >= 0.6 is 0 Å². The van der Waals surface area contributed by atoms with Gasteiger partial charge >= 0.3 is 0 Å². The van der Waals surface area contributed by atoms with Crippen molar-refractivity contribution in [1.82, 2.24) is 20.4 Å². The summed E-state index contributed by atoms with van der Waals surface area (Å²) in [6.07, 6.45) is 11.8. The third-order valence-corrected chi connectivity index (χ3v) is 8.89. The van der Waals surface area contributed by atoms with E-state index in [4.69, 9.17) is 14.6 Å². The maximum absolute atomic E-state index is 13.7. The molecule has 2 saturated carbocycles. The van der Waals surface area contributed by atoms with Crippen LogP contribution in [-0.4, -0.2) is 47.9 Å². The molecule has 220 valence electrons. The molecule has 1 aromatic heterocycles. The van der Waals surface area contributed by atoms with Crippen molar-refractivity contribution in [3.63, 3.8) is 0 Å². The minimum Gasteiger partial charge on any atom is -0.496 e. The minimum absolute atomic E-state index is 0.0250. The van der Waals surface area contributed by atoms with Crippen LogP contribution in [0.1, 0.15) is 108 Å². The van der Waals surface area contributed by atoms with E-state index in [0.717, 1.165) is 36.9 Å². The number of aromatic nitrogens is 2. The van der Waals surface area contributed by atoms with Gasteiger partial charge in [-0.15, -0.1) is 0 Å². The first-order chi connectivity index (χ1) is 19.3. The summed E-state index contributed by atoms with van der Waals surface area (Å²) < 4.78 is 13.3. The lowest BCUT2D eigenvalue weighted by Crippen LogP contribution is -2.44. The van der Waals surface area contributed by atoms with Gasteiger partial charge in [0.05, 0.1) is 31.5 Å². The van der Waals surface area contributed by atoms with E-state index < -0.39 is 0 Å². The zero-order chi connectivity index (χ0) is 28.6. The molecule has 0 spiro atoms. The van der Waals surface area contributed by atoms with E-state index in [0.29, 0.717) is 29.5 Å². The lowest BCUT2D eigenvalue weighted by atomic mass is 9.85. The van der Waals surface area contributed by atoms with E-state index >= 15 is 0 Å². The van der Waals surface area contributed by atoms with E-state index in [2.05, 4.69) is 31.4 Å². The third kappa shape index (κ3) is 7.38. The van der Waals surface area contributed by atoms with Gasteiger partial charge in [-0.3, -0.25) is 14.3 Å². The molecule has 2 aliphatic rings. The molecule has 0 bridgehead atoms. The van der Waals surface area contributed by atoms with Gasteiger partial charge in [0.15, 0.2) is 5.69 Å². The molecular formula is C32H48N4O4. The van der Waals surface area contributed by atoms with Crippen LogP contribution in [0.5, 0.6) is 11.5 Å². The van der Waals surface area contributed by atoms with Crippen LogP contribution in [0, 0.1) is 11.8 Å². The zero-order valence-electron chi connectivity index (χ0n) is 25.0. The Hall–Kier alpha value is -3.03. The number of nitrogens with zero attached hydrogens (tertiary/aromatic N) is 2. The fourth-order valence-corrected chi connectivity index (χ4v) is 5.85. The largest absolute Gasteiger partial charge is 0.496 e. The summed E-state index contributed by atoms with van der Waals surface area (Å²) in [5.74, 6) is 2.04. The molecule has 8 nitrogen and oxygen atoms in total. The highest BCUT2D eigenvalue weighted by molar-refractivity contribution is 5.94. The highest BCUT2D eigenvalue weighted by atomic mass is 16.5. The second kappa shape index (κ2) is 14.0. The number of carbonyl (C=O) groups is 2. The lowest BCUT2D eigenvalue weighted by molar-refractivity contribution is -0.122. The number of carbonyl (C=O) groups excluding carboxylic acids is 2. The topological polar surface area (TPSA) is 94.5 Å². The number of hydrogen-bond donors (Lipinski definition) is 2. The highest BCUT2D eigenvalue weighted by Gasteiger charge is 2.28. The van der Waals surface area contributed by atoms with E-state index in [-0.39, 0.29) is 35.9 Å². The highest BCUT2D eigenvalue weighted by Crippen LogP contribution is 2.40. The number of rotatable bonds is 13. The number of nitrogens with one attached hydrogen (secondary N) is 2. The normalized spacial score (nSPS) is 17.6. The predicted octanol–water partition coefficient (Wildman–Crippen LogP) is 6.30. The van der Waals surface area contributed by atoms with Crippen LogP contribution < -0.4 is 20.1 Å². The second-order valence-corrected chi connectivity index (χ2v) is 12.0. The number of ether oxygens (including phenoxy) is 2. The lowest BCUT2D eigenvalue weighted by Gasteiger charge is -2.28. The van der Waals surface area contributed by atoms with Crippen LogP contribution in [0.4, 0.5) is 0 Å². The van der Waals surface area contributed by atoms with Crippen LogP contribution in [0.25, 0.3) is 11.3 Å². The maximum Gasteiger partial charge on any atom is 0.272 e. The summed E-state index contributed by atoms with van der Waals surface area (Å²) in [7, 11) is 3.26. The van der Waals surface area contributed by atoms with Crippen molar-refractivity contribution < 1.29 is 19.1 Å². The first-order valence-electron chi connectivity index (χ1n) is 15.2. The summed E-state index contributed by atoms with van der Waals surface area (Å²) in [6, 6.07) is 7.56. The molecule has 4 rings (SSSR count). The van der Waals surface area contributed by atoms with Gasteiger partial charge in [0.25, 0.3) is 5.91 Å². The molecule has 2 aromatic rings. The van der Waals surface area contributed by atoms with Gasteiger partial charge in [-0.2, -0.15) is 5.10 Å². The average molecular weight is 553 g/mol. The Bertz CT molecular complexity index is 1110. The van der Waals surface area contributed by atoms with Crippen LogP contribution in [0.15, 0.2) is 24.3 Å². The van der Waals surface area contributed by atoms with Crippen molar-refractivity contribution >= 4 is 11.8 Å². The molecule has 0 aliphatic heterocycles. The van der Waals surface area contributed by atoms with Gasteiger partial charge in [0, 0.05) is 18.5 Å². The minimum atomic E-state index is -0.255. The fraction of sp³-hybridized carbons (Fsp3) is 0.656. The zero-order valence-corrected chi connectivity index (χ0v) is 25.0. The van der Waals surface area contributed by atoms with Crippen LogP contribution in [-0.2, 0) is 4.79 Å². The first-order valence-corrected chi connectivity index (χ1v) is 15.2. The number of benzene rings is 1. The number of hydrogen-bond acceptors (Lipinski definition) is 5. The van der Waals surface area contributed by atoms with E-state index in [1.165, 1.54) is 38.5 Å². The van der Waals surface area contributed by atoms with Crippen molar-refractivity contribution in [1.29, 1.82) is 0 Å². The molecule has 2 aliphatic carbocycles. The smallest absolute Gasteiger partial charge is 0.272 e. The van der Waals surface area contributed by atoms with E-state index in [9.17, 15) is 9.59 Å². The second-order valence-electron chi connectivity index (χ2n) is 12.0. The molecule has 8 heteroatoms. The van der Waals surface area contributed by atoms with E-state index in [1.54, 1.807) is 14.2 Å². The van der Waals surface area contributed by atoms with Gasteiger partial charge in [-0.25, -0.2) is 0 Å². The standard InChI is InChI=1S/C32H48N4O4/c1-21(2)22(3)36-27(31-28(39-4)15-10-16-29(31)40-5)20-26(35-36)32(38)34-25(18-17-23-11-7-6-8-12-23)19-30(37)33-24-13-9-14-24/h10,15-16,20-25H,6-9,11-14,17-19H2,1-5H3,(H,33,37)(H,34,38)/t22?,25-/m0/s1. The molecular weight excluding hydrogens is 504 g/mol. The quantitative estimate of drug-likeness (QED) is 0.304. The summed E-state index contributed by atoms with van der Waals surface area (Å²) in [6.45, 7) is 6.37.